The first-order valence-corrected chi connectivity index (χ1v) is 14.2. The minimum atomic E-state index is -1.57. The molecule has 0 nitrogen and oxygen atoms in total. The monoisotopic (exact) mass is 571 g/mol. The van der Waals surface area contributed by atoms with Crippen molar-refractivity contribution in [3.63, 3.8) is 0 Å². The van der Waals surface area contributed by atoms with E-state index in [4.69, 9.17) is 0 Å². The Morgan fingerprint density at radius 1 is 0.588 bits per heavy atom. The zero-order valence-corrected chi connectivity index (χ0v) is 23.7. The van der Waals surface area contributed by atoms with Gasteiger partial charge in [-0.3, -0.25) is 0 Å². The standard InChI is InChI=1S/C30H23Si.2ClH.Zr/c1-3-12-22(13-4-1)31(23-14-5-2-6-15-23)29-21-11-20-28(29)30-26-18-9-7-16-24(26)25-17-8-10-19-27(25)30;;;/h1-10,12-19,21,30-31H,11H2;2*1H;/q;;;+2/p-2. The van der Waals surface area contributed by atoms with Crippen LogP contribution in [-0.4, -0.2) is 8.80 Å². The maximum absolute atomic E-state index is 2.57. The number of halogens is 2. The summed E-state index contributed by atoms with van der Waals surface area (Å²) in [7, 11) is -1.57. The van der Waals surface area contributed by atoms with Gasteiger partial charge in [-0.25, -0.2) is 0 Å². The van der Waals surface area contributed by atoms with Gasteiger partial charge in [0.05, 0.1) is 0 Å². The summed E-state index contributed by atoms with van der Waals surface area (Å²) in [5.41, 5.74) is 7.39. The minimum absolute atomic E-state index is 0. The number of hydrogen-bond donors (Lipinski definition) is 0. The van der Waals surface area contributed by atoms with Crippen molar-refractivity contribution in [2.75, 3.05) is 0 Å². The van der Waals surface area contributed by atoms with Crippen LogP contribution in [0.2, 0.25) is 0 Å². The van der Waals surface area contributed by atoms with Crippen LogP contribution in [0.1, 0.15) is 23.5 Å². The van der Waals surface area contributed by atoms with Crippen molar-refractivity contribution in [3.8, 4) is 11.1 Å². The molecule has 0 N–H and O–H groups in total. The Bertz CT molecular complexity index is 1280. The number of fused-ring (bicyclic) bond motifs is 3. The summed E-state index contributed by atoms with van der Waals surface area (Å²) in [5, 5.41) is 4.64. The normalized spacial score (nSPS) is 14.3. The van der Waals surface area contributed by atoms with Crippen molar-refractivity contribution in [2.45, 2.75) is 12.3 Å². The molecule has 4 aromatic carbocycles. The third kappa shape index (κ3) is 4.27. The third-order valence-corrected chi connectivity index (χ3v) is 11.3. The fourth-order valence-electron chi connectivity index (χ4n) is 5.53. The van der Waals surface area contributed by atoms with Gasteiger partial charge in [0.15, 0.2) is 0 Å². The van der Waals surface area contributed by atoms with Crippen LogP contribution < -0.4 is 35.2 Å². The van der Waals surface area contributed by atoms with Gasteiger partial charge >= 0.3 is 208 Å². The van der Waals surface area contributed by atoms with E-state index in [9.17, 15) is 0 Å². The number of allylic oxidation sites excluding steroid dienone is 4. The molecule has 4 heteroatoms. The van der Waals surface area contributed by atoms with Crippen LogP contribution in [0, 0.1) is 0 Å². The van der Waals surface area contributed by atoms with Gasteiger partial charge in [0.2, 0.25) is 0 Å². The summed E-state index contributed by atoms with van der Waals surface area (Å²) in [4.78, 5) is 0. The molecular formula is C30H23Cl2SiZr. The van der Waals surface area contributed by atoms with Crippen molar-refractivity contribution in [2.24, 2.45) is 0 Å². The molecule has 0 aromatic heterocycles. The first kappa shape index (κ1) is 25.1. The SMILES string of the molecule is [Cl-].[Cl-].[Zr+2][C]1=C(C2c3ccccc3-c3ccccc32)C([SiH](c2ccccc2)c2ccccc2)=CC1. The second-order valence-electron chi connectivity index (χ2n) is 8.62. The predicted octanol–water partition coefficient (Wildman–Crippen LogP) is -0.481. The van der Waals surface area contributed by atoms with Gasteiger partial charge in [-0.15, -0.1) is 0 Å². The molecule has 4 aromatic rings. The van der Waals surface area contributed by atoms with E-state index in [0.29, 0.717) is 5.92 Å². The van der Waals surface area contributed by atoms with Gasteiger partial charge < -0.3 is 24.8 Å². The molecule has 2 aliphatic rings. The molecule has 6 rings (SSSR count). The maximum atomic E-state index is 2.57. The van der Waals surface area contributed by atoms with Crippen molar-refractivity contribution in [1.82, 2.24) is 0 Å². The van der Waals surface area contributed by atoms with Gasteiger partial charge in [0.1, 0.15) is 0 Å². The summed E-state index contributed by atoms with van der Waals surface area (Å²) < 4.78 is 1.62. The van der Waals surface area contributed by atoms with Crippen LogP contribution in [0.15, 0.2) is 129 Å². The Morgan fingerprint density at radius 2 is 1.03 bits per heavy atom. The molecule has 0 fully saturated rings. The molecular weight excluding hydrogens is 551 g/mol. The molecule has 0 spiro atoms. The van der Waals surface area contributed by atoms with Gasteiger partial charge in [-0.2, -0.15) is 0 Å². The molecule has 34 heavy (non-hydrogen) atoms. The number of rotatable bonds is 4. The van der Waals surface area contributed by atoms with Crippen LogP contribution in [0.25, 0.3) is 11.1 Å². The third-order valence-electron chi connectivity index (χ3n) is 6.86. The molecule has 165 valence electrons. The zero-order valence-electron chi connectivity index (χ0n) is 18.6. The average Bonchev–Trinajstić information content (AvgIpc) is 3.38. The fourth-order valence-corrected chi connectivity index (χ4v) is 10.2. The van der Waals surface area contributed by atoms with Gasteiger partial charge in [0.25, 0.3) is 0 Å². The van der Waals surface area contributed by atoms with E-state index >= 15 is 0 Å². The Labute approximate surface area is 231 Å². The van der Waals surface area contributed by atoms with E-state index in [-0.39, 0.29) is 24.8 Å². The summed E-state index contributed by atoms with van der Waals surface area (Å²) >= 11 is 1.55. The van der Waals surface area contributed by atoms with E-state index < -0.39 is 8.80 Å². The van der Waals surface area contributed by atoms with Crippen molar-refractivity contribution in [1.29, 1.82) is 0 Å². The molecule has 0 saturated carbocycles. The van der Waals surface area contributed by atoms with Crippen LogP contribution in [0.5, 0.6) is 0 Å². The van der Waals surface area contributed by atoms with E-state index in [2.05, 4.69) is 115 Å². The van der Waals surface area contributed by atoms with Crippen molar-refractivity contribution in [3.05, 3.63) is 140 Å². The number of hydrogen-bond acceptors (Lipinski definition) is 0. The van der Waals surface area contributed by atoms with E-state index in [1.165, 1.54) is 32.6 Å². The van der Waals surface area contributed by atoms with Crippen LogP contribution >= 0.6 is 0 Å². The Hall–Kier alpha value is -1.96. The van der Waals surface area contributed by atoms with Gasteiger partial charge in [-0.05, 0) is 0 Å². The Kier molecular flexibility index (Phi) is 7.95. The van der Waals surface area contributed by atoms with Crippen molar-refractivity contribution < 1.29 is 49.5 Å². The first-order valence-electron chi connectivity index (χ1n) is 11.3. The second-order valence-corrected chi connectivity index (χ2v) is 12.9. The molecule has 0 unspecified atom stereocenters. The molecule has 0 heterocycles. The first-order chi connectivity index (χ1) is 15.8. The quantitative estimate of drug-likeness (QED) is 0.290. The van der Waals surface area contributed by atoms with Crippen LogP contribution in [0.4, 0.5) is 0 Å². The zero-order chi connectivity index (χ0) is 21.5. The van der Waals surface area contributed by atoms with Gasteiger partial charge in [0, 0.05) is 0 Å². The molecule has 0 saturated heterocycles. The Morgan fingerprint density at radius 3 is 1.53 bits per heavy atom. The molecule has 0 aliphatic heterocycles. The molecule has 0 amide bonds. The van der Waals surface area contributed by atoms with Crippen LogP contribution in [-0.2, 0) is 24.7 Å². The van der Waals surface area contributed by atoms with Crippen LogP contribution in [0.3, 0.4) is 0 Å². The van der Waals surface area contributed by atoms with E-state index in [1.54, 1.807) is 38.8 Å². The predicted molar refractivity (Wildman–Crippen MR) is 133 cm³/mol. The average molecular weight is 574 g/mol. The van der Waals surface area contributed by atoms with E-state index in [1.807, 2.05) is 0 Å². The second kappa shape index (κ2) is 10.8. The van der Waals surface area contributed by atoms with Crippen molar-refractivity contribution >= 4 is 19.2 Å². The topological polar surface area (TPSA) is 0 Å². The fraction of sp³-hybridized carbons (Fsp3) is 0.0667. The van der Waals surface area contributed by atoms with Gasteiger partial charge in [-0.1, -0.05) is 0 Å². The molecule has 0 bridgehead atoms. The summed E-state index contributed by atoms with van der Waals surface area (Å²) in [5.74, 6) is 0.355. The van der Waals surface area contributed by atoms with E-state index in [0.717, 1.165) is 6.42 Å². The molecule has 0 atom stereocenters. The number of benzene rings is 4. The molecule has 2 aliphatic carbocycles. The summed E-state index contributed by atoms with van der Waals surface area (Å²) in [6.45, 7) is 0. The summed E-state index contributed by atoms with van der Waals surface area (Å²) in [6.07, 6.45) is 3.67. The summed E-state index contributed by atoms with van der Waals surface area (Å²) in [6, 6.07) is 40.6. The molecule has 0 radical (unpaired) electrons. The Balaban J connectivity index is 0.00000137.